The summed E-state index contributed by atoms with van der Waals surface area (Å²) in [6.45, 7) is 1.71. The van der Waals surface area contributed by atoms with Gasteiger partial charge < -0.3 is 4.74 Å². The van der Waals surface area contributed by atoms with Crippen LogP contribution in [0.15, 0.2) is 88.5 Å². The van der Waals surface area contributed by atoms with E-state index < -0.39 is 6.10 Å². The maximum atomic E-state index is 13.6. The normalized spacial score (nSPS) is 17.7. The molecule has 1 fully saturated rings. The fourth-order valence-electron chi connectivity index (χ4n) is 4.19. The minimum Gasteiger partial charge on any atom is -0.356 e. The van der Waals surface area contributed by atoms with Gasteiger partial charge in [0.25, 0.3) is 11.1 Å². The summed E-state index contributed by atoms with van der Waals surface area (Å²) in [6.07, 6.45) is -0.688. The number of aryl methyl sites for hydroxylation is 1. The summed E-state index contributed by atoms with van der Waals surface area (Å²) in [6, 6.07) is 24.0. The van der Waals surface area contributed by atoms with E-state index in [2.05, 4.69) is 4.98 Å². The first kappa shape index (κ1) is 18.7. The summed E-state index contributed by atoms with van der Waals surface area (Å²) < 4.78 is 8.60. The van der Waals surface area contributed by atoms with Crippen molar-refractivity contribution in [2.45, 2.75) is 19.1 Å². The molecule has 0 bridgehead atoms. The summed E-state index contributed by atoms with van der Waals surface area (Å²) >= 11 is 0. The molecule has 7 nitrogen and oxygen atoms in total. The van der Waals surface area contributed by atoms with Crippen molar-refractivity contribution in [3.05, 3.63) is 117 Å². The van der Waals surface area contributed by atoms with Gasteiger partial charge in [0, 0.05) is 0 Å². The smallest absolute Gasteiger partial charge is 0.281 e. The third-order valence-electron chi connectivity index (χ3n) is 5.77. The molecule has 1 aliphatic heterocycles. The largest absolute Gasteiger partial charge is 0.356 e. The summed E-state index contributed by atoms with van der Waals surface area (Å²) in [7, 11) is 0. The Labute approximate surface area is 182 Å². The first-order chi connectivity index (χ1) is 15.6. The Balaban J connectivity index is 1.65. The third kappa shape index (κ3) is 2.79. The van der Waals surface area contributed by atoms with Gasteiger partial charge in [-0.1, -0.05) is 54.6 Å². The van der Waals surface area contributed by atoms with Gasteiger partial charge in [0.1, 0.15) is 18.0 Å². The molecule has 3 heterocycles. The van der Waals surface area contributed by atoms with Gasteiger partial charge in [-0.3, -0.25) is 9.59 Å². The Morgan fingerprint density at radius 2 is 1.25 bits per heavy atom. The van der Waals surface area contributed by atoms with Gasteiger partial charge in [-0.15, -0.1) is 0 Å². The number of nitrogens with zero attached hydrogens (tertiary/aromatic N) is 4. The number of aromatic nitrogens is 4. The van der Waals surface area contributed by atoms with Crippen LogP contribution in [-0.2, 0) is 4.74 Å². The Kier molecular flexibility index (Phi) is 4.06. The van der Waals surface area contributed by atoms with Crippen LogP contribution < -0.4 is 11.1 Å². The highest BCUT2D eigenvalue weighted by Crippen LogP contribution is 2.50. The molecule has 0 radical (unpaired) electrons. The fraction of sp³-hybridized carbons (Fsp3) is 0.120. The molecular weight excluding hydrogens is 404 g/mol. The van der Waals surface area contributed by atoms with Gasteiger partial charge >= 0.3 is 0 Å². The van der Waals surface area contributed by atoms with E-state index >= 15 is 0 Å². The van der Waals surface area contributed by atoms with Crippen LogP contribution in [0.1, 0.15) is 29.4 Å². The molecule has 0 spiro atoms. The molecule has 1 saturated heterocycles. The standard InChI is InChI=1S/C25H18N4O3/c1-15-26-19-13-7-5-11-17(19)24(30)28(15)29-23(22-21(32-22)16-9-3-2-4-10-16)27-20-14-8-6-12-18(20)25(29)31/h2-14,21-22H,1H3. The molecule has 2 atom stereocenters. The number of para-hydroxylation sites is 2. The van der Waals surface area contributed by atoms with Crippen molar-refractivity contribution in [1.29, 1.82) is 0 Å². The quantitative estimate of drug-likeness (QED) is 0.416. The Morgan fingerprint density at radius 3 is 1.94 bits per heavy atom. The third-order valence-corrected chi connectivity index (χ3v) is 5.77. The molecule has 5 aromatic rings. The lowest BCUT2D eigenvalue weighted by Crippen LogP contribution is -2.39. The van der Waals surface area contributed by atoms with Crippen LogP contribution in [0.5, 0.6) is 0 Å². The monoisotopic (exact) mass is 422 g/mol. The number of fused-ring (bicyclic) bond motifs is 2. The molecule has 0 saturated carbocycles. The van der Waals surface area contributed by atoms with Gasteiger partial charge in [-0.25, -0.2) is 9.97 Å². The van der Waals surface area contributed by atoms with E-state index in [1.807, 2.05) is 42.5 Å². The van der Waals surface area contributed by atoms with E-state index in [-0.39, 0.29) is 17.2 Å². The summed E-state index contributed by atoms with van der Waals surface area (Å²) in [5.41, 5.74) is 1.47. The Hall–Kier alpha value is -4.10. The zero-order chi connectivity index (χ0) is 21.8. The van der Waals surface area contributed by atoms with Crippen molar-refractivity contribution in [3.63, 3.8) is 0 Å². The van der Waals surface area contributed by atoms with E-state index in [4.69, 9.17) is 9.72 Å². The molecule has 32 heavy (non-hydrogen) atoms. The minimum absolute atomic E-state index is 0.236. The van der Waals surface area contributed by atoms with E-state index in [0.29, 0.717) is 33.5 Å². The molecule has 0 N–H and O–H groups in total. The van der Waals surface area contributed by atoms with Gasteiger partial charge in [0.2, 0.25) is 0 Å². The van der Waals surface area contributed by atoms with Gasteiger partial charge in [-0.2, -0.15) is 9.35 Å². The highest BCUT2D eigenvalue weighted by molar-refractivity contribution is 5.78. The van der Waals surface area contributed by atoms with E-state index in [0.717, 1.165) is 5.56 Å². The SMILES string of the molecule is Cc1nc2ccccc2c(=O)n1-n1c(C2OC2c2ccccc2)nc2ccccc2c1=O. The average Bonchev–Trinajstić information content (AvgIpc) is 3.62. The predicted octanol–water partition coefficient (Wildman–Crippen LogP) is 3.54. The van der Waals surface area contributed by atoms with Crippen LogP contribution >= 0.6 is 0 Å². The number of hydrogen-bond acceptors (Lipinski definition) is 5. The molecular formula is C25H18N4O3. The van der Waals surface area contributed by atoms with Crippen LogP contribution in [0.3, 0.4) is 0 Å². The molecule has 0 aliphatic carbocycles. The maximum absolute atomic E-state index is 13.6. The fourth-order valence-corrected chi connectivity index (χ4v) is 4.19. The number of benzene rings is 3. The Bertz CT molecular complexity index is 1620. The lowest BCUT2D eigenvalue weighted by molar-refractivity contribution is 0.360. The first-order valence-electron chi connectivity index (χ1n) is 10.3. The molecule has 7 heteroatoms. The van der Waals surface area contributed by atoms with Crippen molar-refractivity contribution in [3.8, 4) is 0 Å². The molecule has 1 aliphatic rings. The lowest BCUT2D eigenvalue weighted by atomic mass is 10.1. The number of epoxide rings is 1. The van der Waals surface area contributed by atoms with Crippen LogP contribution in [0.2, 0.25) is 0 Å². The summed E-state index contributed by atoms with van der Waals surface area (Å²) in [5, 5.41) is 0.855. The van der Waals surface area contributed by atoms with Crippen molar-refractivity contribution in [1.82, 2.24) is 19.3 Å². The van der Waals surface area contributed by atoms with Crippen LogP contribution in [-0.4, -0.2) is 19.3 Å². The highest BCUT2D eigenvalue weighted by atomic mass is 16.6. The van der Waals surface area contributed by atoms with E-state index in [9.17, 15) is 9.59 Å². The summed E-state index contributed by atoms with van der Waals surface area (Å²) in [5.74, 6) is 0.774. The van der Waals surface area contributed by atoms with Crippen molar-refractivity contribution in [2.75, 3.05) is 0 Å². The molecule has 0 amide bonds. The second-order valence-electron chi connectivity index (χ2n) is 7.79. The molecule has 2 aromatic heterocycles. The van der Waals surface area contributed by atoms with E-state index in [1.165, 1.54) is 9.35 Å². The second kappa shape index (κ2) is 6.96. The summed E-state index contributed by atoms with van der Waals surface area (Å²) in [4.78, 5) is 36.5. The van der Waals surface area contributed by atoms with Crippen LogP contribution in [0.4, 0.5) is 0 Å². The first-order valence-corrected chi connectivity index (χ1v) is 10.3. The van der Waals surface area contributed by atoms with E-state index in [1.54, 1.807) is 43.3 Å². The lowest BCUT2D eigenvalue weighted by Gasteiger charge is -2.17. The number of ether oxygens (including phenoxy) is 1. The zero-order valence-corrected chi connectivity index (χ0v) is 17.2. The van der Waals surface area contributed by atoms with Crippen LogP contribution in [0.25, 0.3) is 21.8 Å². The molecule has 2 unspecified atom stereocenters. The molecule has 6 rings (SSSR count). The predicted molar refractivity (Wildman–Crippen MR) is 121 cm³/mol. The zero-order valence-electron chi connectivity index (χ0n) is 17.2. The molecule has 156 valence electrons. The van der Waals surface area contributed by atoms with Crippen molar-refractivity contribution >= 4 is 21.8 Å². The Morgan fingerprint density at radius 1 is 0.688 bits per heavy atom. The van der Waals surface area contributed by atoms with Gasteiger partial charge in [0.05, 0.1) is 21.8 Å². The van der Waals surface area contributed by atoms with Crippen LogP contribution in [0, 0.1) is 6.92 Å². The van der Waals surface area contributed by atoms with Crippen molar-refractivity contribution < 1.29 is 4.74 Å². The van der Waals surface area contributed by atoms with Crippen molar-refractivity contribution in [2.24, 2.45) is 0 Å². The average molecular weight is 422 g/mol. The maximum Gasteiger partial charge on any atom is 0.281 e. The highest BCUT2D eigenvalue weighted by Gasteiger charge is 2.45. The number of rotatable bonds is 3. The second-order valence-corrected chi connectivity index (χ2v) is 7.79. The van der Waals surface area contributed by atoms with Gasteiger partial charge in [-0.05, 0) is 36.8 Å². The number of hydrogen-bond donors (Lipinski definition) is 0. The van der Waals surface area contributed by atoms with Gasteiger partial charge in [0.15, 0.2) is 5.82 Å². The minimum atomic E-state index is -0.451. The topological polar surface area (TPSA) is 82.3 Å². The molecule has 3 aromatic carbocycles.